The Morgan fingerprint density at radius 2 is 2.00 bits per heavy atom. The van der Waals surface area contributed by atoms with Crippen LogP contribution in [-0.2, 0) is 6.54 Å². The molecule has 3 heteroatoms. The van der Waals surface area contributed by atoms with Gasteiger partial charge in [0.25, 0.3) is 0 Å². The summed E-state index contributed by atoms with van der Waals surface area (Å²) in [5.74, 6) is 1.40. The molecule has 1 aliphatic heterocycles. The largest absolute Gasteiger partial charge is 0.370 e. The fourth-order valence-corrected chi connectivity index (χ4v) is 2.65. The van der Waals surface area contributed by atoms with Crippen LogP contribution in [0.2, 0.25) is 0 Å². The van der Waals surface area contributed by atoms with Crippen LogP contribution < -0.4 is 10.2 Å². The van der Waals surface area contributed by atoms with Crippen molar-refractivity contribution in [2.45, 2.75) is 27.3 Å². The second kappa shape index (κ2) is 6.08. The number of nitriles is 1. The normalized spacial score (nSPS) is 22.5. The molecule has 0 spiro atoms. The smallest absolute Gasteiger partial charge is 0.101 e. The van der Waals surface area contributed by atoms with E-state index in [0.29, 0.717) is 11.8 Å². The first-order valence-corrected chi connectivity index (χ1v) is 7.14. The van der Waals surface area contributed by atoms with Crippen molar-refractivity contribution in [3.8, 4) is 6.07 Å². The van der Waals surface area contributed by atoms with Crippen LogP contribution in [0, 0.1) is 23.2 Å². The Balaban J connectivity index is 2.20. The molecule has 2 atom stereocenters. The molecular weight excluding hydrogens is 234 g/mol. The second-order valence-corrected chi connectivity index (χ2v) is 5.60. The van der Waals surface area contributed by atoms with Gasteiger partial charge in [-0.2, -0.15) is 5.26 Å². The highest BCUT2D eigenvalue weighted by Gasteiger charge is 2.27. The van der Waals surface area contributed by atoms with Crippen molar-refractivity contribution in [2.75, 3.05) is 24.5 Å². The van der Waals surface area contributed by atoms with Crippen molar-refractivity contribution < 1.29 is 0 Å². The average Bonchev–Trinajstić information content (AvgIpc) is 2.75. The molecule has 1 saturated heterocycles. The molecule has 1 heterocycles. The van der Waals surface area contributed by atoms with E-state index >= 15 is 0 Å². The standard InChI is InChI=1S/C16H23N3/c1-4-18-9-14-5-6-16(15(7-14)8-17)19-10-12(2)13(3)11-19/h5-7,12-13,18H,4,9-11H2,1-3H3. The van der Waals surface area contributed by atoms with Crippen molar-refractivity contribution in [2.24, 2.45) is 11.8 Å². The van der Waals surface area contributed by atoms with E-state index in [4.69, 9.17) is 0 Å². The number of nitrogens with one attached hydrogen (secondary N) is 1. The summed E-state index contributed by atoms with van der Waals surface area (Å²) in [7, 11) is 0. The van der Waals surface area contributed by atoms with Gasteiger partial charge in [0.05, 0.1) is 11.3 Å². The highest BCUT2D eigenvalue weighted by atomic mass is 15.2. The van der Waals surface area contributed by atoms with Crippen LogP contribution in [0.15, 0.2) is 18.2 Å². The Morgan fingerprint density at radius 1 is 1.32 bits per heavy atom. The summed E-state index contributed by atoms with van der Waals surface area (Å²) >= 11 is 0. The lowest BCUT2D eigenvalue weighted by Gasteiger charge is -2.20. The van der Waals surface area contributed by atoms with Gasteiger partial charge in [-0.3, -0.25) is 0 Å². The predicted molar refractivity (Wildman–Crippen MR) is 79.1 cm³/mol. The van der Waals surface area contributed by atoms with E-state index in [1.165, 1.54) is 5.56 Å². The van der Waals surface area contributed by atoms with E-state index in [9.17, 15) is 5.26 Å². The Morgan fingerprint density at radius 3 is 2.58 bits per heavy atom. The van der Waals surface area contributed by atoms with Crippen LogP contribution in [0.4, 0.5) is 5.69 Å². The molecule has 1 fully saturated rings. The minimum absolute atomic E-state index is 0.702. The van der Waals surface area contributed by atoms with Crippen molar-refractivity contribution in [3.63, 3.8) is 0 Å². The molecule has 0 amide bonds. The lowest BCUT2D eigenvalue weighted by atomic mass is 10.0. The summed E-state index contributed by atoms with van der Waals surface area (Å²) < 4.78 is 0. The fourth-order valence-electron chi connectivity index (χ4n) is 2.65. The third-order valence-corrected chi connectivity index (χ3v) is 4.09. The molecule has 1 aromatic rings. The van der Waals surface area contributed by atoms with Gasteiger partial charge in [0, 0.05) is 19.6 Å². The predicted octanol–water partition coefficient (Wildman–Crippen LogP) is 2.76. The molecule has 1 N–H and O–H groups in total. The summed E-state index contributed by atoms with van der Waals surface area (Å²) in [6, 6.07) is 8.61. The molecule has 0 aromatic heterocycles. The van der Waals surface area contributed by atoms with Gasteiger partial charge in [-0.1, -0.05) is 26.8 Å². The van der Waals surface area contributed by atoms with Gasteiger partial charge in [0.2, 0.25) is 0 Å². The minimum atomic E-state index is 0.702. The van der Waals surface area contributed by atoms with Crippen LogP contribution >= 0.6 is 0 Å². The first-order chi connectivity index (χ1) is 9.15. The summed E-state index contributed by atoms with van der Waals surface area (Å²) in [6.07, 6.45) is 0. The summed E-state index contributed by atoms with van der Waals surface area (Å²) in [5, 5.41) is 12.7. The maximum atomic E-state index is 9.36. The van der Waals surface area contributed by atoms with Crippen LogP contribution in [0.1, 0.15) is 31.9 Å². The third kappa shape index (κ3) is 3.08. The summed E-state index contributed by atoms with van der Waals surface area (Å²) in [5.41, 5.74) is 3.08. The van der Waals surface area contributed by atoms with Gasteiger partial charge < -0.3 is 10.2 Å². The van der Waals surface area contributed by atoms with Crippen LogP contribution in [-0.4, -0.2) is 19.6 Å². The van der Waals surface area contributed by atoms with E-state index in [1.54, 1.807) is 0 Å². The molecule has 0 aliphatic carbocycles. The Hall–Kier alpha value is -1.53. The lowest BCUT2D eigenvalue weighted by Crippen LogP contribution is -2.21. The van der Waals surface area contributed by atoms with Crippen molar-refractivity contribution in [1.82, 2.24) is 5.32 Å². The molecule has 0 radical (unpaired) electrons. The van der Waals surface area contributed by atoms with E-state index in [-0.39, 0.29) is 0 Å². The van der Waals surface area contributed by atoms with Crippen molar-refractivity contribution >= 4 is 5.69 Å². The summed E-state index contributed by atoms with van der Waals surface area (Å²) in [4.78, 5) is 2.35. The van der Waals surface area contributed by atoms with Crippen LogP contribution in [0.5, 0.6) is 0 Å². The number of rotatable bonds is 4. The number of anilines is 1. The van der Waals surface area contributed by atoms with Gasteiger partial charge in [0.1, 0.15) is 6.07 Å². The average molecular weight is 257 g/mol. The van der Waals surface area contributed by atoms with Gasteiger partial charge in [-0.05, 0) is 36.1 Å². The highest BCUT2D eigenvalue weighted by Crippen LogP contribution is 2.30. The minimum Gasteiger partial charge on any atom is -0.370 e. The number of nitrogens with zero attached hydrogens (tertiary/aromatic N) is 2. The number of hydrogen-bond donors (Lipinski definition) is 1. The maximum absolute atomic E-state index is 9.36. The quantitative estimate of drug-likeness (QED) is 0.901. The third-order valence-electron chi connectivity index (χ3n) is 4.09. The van der Waals surface area contributed by atoms with Crippen molar-refractivity contribution in [1.29, 1.82) is 5.26 Å². The topological polar surface area (TPSA) is 39.1 Å². The van der Waals surface area contributed by atoms with E-state index < -0.39 is 0 Å². The Bertz CT molecular complexity index is 465. The highest BCUT2D eigenvalue weighted by molar-refractivity contribution is 5.61. The first-order valence-electron chi connectivity index (χ1n) is 7.14. The molecule has 0 bridgehead atoms. The van der Waals surface area contributed by atoms with Gasteiger partial charge in [-0.15, -0.1) is 0 Å². The SMILES string of the molecule is CCNCc1ccc(N2CC(C)C(C)C2)c(C#N)c1. The molecule has 1 aliphatic rings. The van der Waals surface area contributed by atoms with E-state index in [1.807, 2.05) is 6.07 Å². The summed E-state index contributed by atoms with van der Waals surface area (Å²) in [6.45, 7) is 10.6. The number of hydrogen-bond acceptors (Lipinski definition) is 3. The van der Waals surface area contributed by atoms with E-state index in [0.717, 1.165) is 37.4 Å². The molecule has 3 nitrogen and oxygen atoms in total. The molecule has 19 heavy (non-hydrogen) atoms. The van der Waals surface area contributed by atoms with Crippen molar-refractivity contribution in [3.05, 3.63) is 29.3 Å². The van der Waals surface area contributed by atoms with Crippen LogP contribution in [0.3, 0.4) is 0 Å². The van der Waals surface area contributed by atoms with Crippen LogP contribution in [0.25, 0.3) is 0 Å². The Labute approximate surface area is 116 Å². The lowest BCUT2D eigenvalue weighted by molar-refractivity contribution is 0.494. The van der Waals surface area contributed by atoms with Gasteiger partial charge >= 0.3 is 0 Å². The molecule has 2 rings (SSSR count). The first kappa shape index (κ1) is 13.9. The monoisotopic (exact) mass is 257 g/mol. The fraction of sp³-hybridized carbons (Fsp3) is 0.562. The maximum Gasteiger partial charge on any atom is 0.101 e. The van der Waals surface area contributed by atoms with Gasteiger partial charge in [0.15, 0.2) is 0 Å². The second-order valence-electron chi connectivity index (χ2n) is 5.60. The van der Waals surface area contributed by atoms with Gasteiger partial charge in [-0.25, -0.2) is 0 Å². The molecule has 2 unspecified atom stereocenters. The zero-order valence-corrected chi connectivity index (χ0v) is 12.1. The molecule has 1 aromatic carbocycles. The number of benzene rings is 1. The Kier molecular flexibility index (Phi) is 4.44. The molecule has 102 valence electrons. The molecule has 0 saturated carbocycles. The zero-order chi connectivity index (χ0) is 13.8. The van der Waals surface area contributed by atoms with E-state index in [2.05, 4.69) is 49.2 Å². The molecular formula is C16H23N3. The zero-order valence-electron chi connectivity index (χ0n) is 12.1.